The zero-order chi connectivity index (χ0) is 17.4. The summed E-state index contributed by atoms with van der Waals surface area (Å²) in [5.74, 6) is -1.39. The van der Waals surface area contributed by atoms with Gasteiger partial charge in [-0.1, -0.05) is 27.5 Å². The Hall–Kier alpha value is -1.96. The van der Waals surface area contributed by atoms with Crippen LogP contribution in [0, 0.1) is 6.92 Å². The first kappa shape index (κ1) is 16.9. The van der Waals surface area contributed by atoms with Crippen LogP contribution in [0.5, 0.6) is 0 Å². The Bertz CT molecular complexity index is 906. The van der Waals surface area contributed by atoms with Crippen molar-refractivity contribution in [3.05, 3.63) is 55.2 Å². The van der Waals surface area contributed by atoms with Crippen molar-refractivity contribution >= 4 is 68.5 Å². The number of urea groups is 1. The molecular weight excluding hydrogens is 416 g/mol. The van der Waals surface area contributed by atoms with E-state index in [4.69, 9.17) is 11.6 Å². The molecule has 3 rings (SSSR count). The molecule has 0 saturated carbocycles. The monoisotopic (exact) mass is 424 g/mol. The van der Waals surface area contributed by atoms with Gasteiger partial charge in [0.2, 0.25) is 0 Å². The van der Waals surface area contributed by atoms with Crippen molar-refractivity contribution in [2.75, 3.05) is 4.90 Å². The SMILES string of the molecule is Cc1cc(Br)ccc1N1C(=O)NC(=O)/C(=C\c2ccc(Cl)s2)C1=O. The van der Waals surface area contributed by atoms with Crippen LogP contribution < -0.4 is 10.2 Å². The molecule has 1 aliphatic heterocycles. The highest BCUT2D eigenvalue weighted by atomic mass is 79.9. The van der Waals surface area contributed by atoms with Gasteiger partial charge in [-0.05, 0) is 48.9 Å². The van der Waals surface area contributed by atoms with Crippen LogP contribution in [0.25, 0.3) is 6.08 Å². The third-order valence-corrected chi connectivity index (χ3v) is 5.05. The van der Waals surface area contributed by atoms with Gasteiger partial charge in [0, 0.05) is 9.35 Å². The second-order valence-corrected chi connectivity index (χ2v) is 7.69. The molecule has 1 aromatic carbocycles. The molecule has 0 spiro atoms. The summed E-state index contributed by atoms with van der Waals surface area (Å²) < 4.78 is 1.37. The fourth-order valence-corrected chi connectivity index (χ4v) is 3.77. The molecule has 4 amide bonds. The zero-order valence-electron chi connectivity index (χ0n) is 12.3. The maximum atomic E-state index is 12.7. The lowest BCUT2D eigenvalue weighted by Gasteiger charge is -2.27. The van der Waals surface area contributed by atoms with Gasteiger partial charge in [0.1, 0.15) is 5.57 Å². The van der Waals surface area contributed by atoms with Gasteiger partial charge in [0.05, 0.1) is 10.0 Å². The van der Waals surface area contributed by atoms with E-state index >= 15 is 0 Å². The number of carbonyl (C=O) groups is 3. The fourth-order valence-electron chi connectivity index (χ4n) is 2.29. The van der Waals surface area contributed by atoms with Gasteiger partial charge >= 0.3 is 6.03 Å². The second-order valence-electron chi connectivity index (χ2n) is 5.03. The van der Waals surface area contributed by atoms with Crippen LogP contribution in [-0.4, -0.2) is 17.8 Å². The first-order chi connectivity index (χ1) is 11.4. The molecule has 0 aliphatic carbocycles. The number of carbonyl (C=O) groups excluding carboxylic acids is 3. The molecule has 5 nitrogen and oxygen atoms in total. The molecule has 122 valence electrons. The lowest BCUT2D eigenvalue weighted by molar-refractivity contribution is -0.122. The van der Waals surface area contributed by atoms with Crippen molar-refractivity contribution in [2.45, 2.75) is 6.92 Å². The van der Waals surface area contributed by atoms with Crippen LogP contribution in [-0.2, 0) is 9.59 Å². The number of halogens is 2. The molecule has 24 heavy (non-hydrogen) atoms. The third-order valence-electron chi connectivity index (χ3n) is 3.38. The van der Waals surface area contributed by atoms with Gasteiger partial charge in [-0.2, -0.15) is 0 Å². The number of imide groups is 2. The first-order valence-corrected chi connectivity index (χ1v) is 8.78. The average Bonchev–Trinajstić information content (AvgIpc) is 2.91. The van der Waals surface area contributed by atoms with Crippen molar-refractivity contribution in [2.24, 2.45) is 0 Å². The summed E-state index contributed by atoms with van der Waals surface area (Å²) in [6, 6.07) is 7.76. The van der Waals surface area contributed by atoms with Crippen molar-refractivity contribution in [1.29, 1.82) is 0 Å². The summed E-state index contributed by atoms with van der Waals surface area (Å²) in [4.78, 5) is 38.6. The Balaban J connectivity index is 2.04. The van der Waals surface area contributed by atoms with Crippen LogP contribution in [0.3, 0.4) is 0 Å². The number of nitrogens with zero attached hydrogens (tertiary/aromatic N) is 1. The Morgan fingerprint density at radius 1 is 1.21 bits per heavy atom. The minimum Gasteiger partial charge on any atom is -0.273 e. The number of barbiturate groups is 1. The summed E-state index contributed by atoms with van der Waals surface area (Å²) in [7, 11) is 0. The number of amides is 4. The first-order valence-electron chi connectivity index (χ1n) is 6.80. The minimum atomic E-state index is -0.767. The van der Waals surface area contributed by atoms with Gasteiger partial charge in [0.25, 0.3) is 11.8 Å². The van der Waals surface area contributed by atoms with Crippen LogP contribution in [0.15, 0.2) is 40.4 Å². The van der Waals surface area contributed by atoms with E-state index in [1.165, 1.54) is 17.4 Å². The van der Waals surface area contributed by atoms with Gasteiger partial charge in [0.15, 0.2) is 0 Å². The second kappa shape index (κ2) is 6.51. The molecule has 1 aliphatic rings. The van der Waals surface area contributed by atoms with E-state index in [1.54, 1.807) is 37.3 Å². The number of rotatable bonds is 2. The van der Waals surface area contributed by atoms with Gasteiger partial charge in [-0.15, -0.1) is 11.3 Å². The van der Waals surface area contributed by atoms with Crippen molar-refractivity contribution < 1.29 is 14.4 Å². The largest absolute Gasteiger partial charge is 0.335 e. The minimum absolute atomic E-state index is 0.115. The molecular formula is C16H10BrClN2O3S. The Morgan fingerprint density at radius 3 is 2.58 bits per heavy atom. The number of nitrogens with one attached hydrogen (secondary N) is 1. The lowest BCUT2D eigenvalue weighted by Crippen LogP contribution is -2.54. The zero-order valence-corrected chi connectivity index (χ0v) is 15.5. The van der Waals surface area contributed by atoms with Crippen LogP contribution in [0.1, 0.15) is 10.4 Å². The van der Waals surface area contributed by atoms with Gasteiger partial charge in [-0.25, -0.2) is 9.69 Å². The summed E-state index contributed by atoms with van der Waals surface area (Å²) in [5.41, 5.74) is 1.03. The Kier molecular flexibility index (Phi) is 4.58. The molecule has 0 bridgehead atoms. The van der Waals surface area contributed by atoms with Crippen LogP contribution >= 0.6 is 38.9 Å². The van der Waals surface area contributed by atoms with Gasteiger partial charge in [-0.3, -0.25) is 14.9 Å². The van der Waals surface area contributed by atoms with E-state index in [1.807, 2.05) is 0 Å². The van der Waals surface area contributed by atoms with E-state index in [2.05, 4.69) is 21.2 Å². The number of aryl methyl sites for hydroxylation is 1. The molecule has 1 N–H and O–H groups in total. The van der Waals surface area contributed by atoms with E-state index in [9.17, 15) is 14.4 Å². The number of hydrogen-bond donors (Lipinski definition) is 1. The fraction of sp³-hybridized carbons (Fsp3) is 0.0625. The molecule has 0 atom stereocenters. The van der Waals surface area contributed by atoms with E-state index in [0.717, 1.165) is 14.9 Å². The highest BCUT2D eigenvalue weighted by Gasteiger charge is 2.37. The maximum Gasteiger partial charge on any atom is 0.335 e. The highest BCUT2D eigenvalue weighted by molar-refractivity contribution is 9.10. The average molecular weight is 426 g/mol. The topological polar surface area (TPSA) is 66.5 Å². The van der Waals surface area contributed by atoms with Crippen molar-refractivity contribution in [3.63, 3.8) is 0 Å². The molecule has 8 heteroatoms. The number of benzene rings is 1. The van der Waals surface area contributed by atoms with Crippen LogP contribution in [0.2, 0.25) is 4.34 Å². The van der Waals surface area contributed by atoms with E-state index in [0.29, 0.717) is 14.9 Å². The predicted molar refractivity (Wildman–Crippen MR) is 97.2 cm³/mol. The molecule has 2 heterocycles. The molecule has 1 fully saturated rings. The molecule has 0 unspecified atom stereocenters. The number of anilines is 1. The summed E-state index contributed by atoms with van der Waals surface area (Å²) in [6.07, 6.45) is 1.43. The van der Waals surface area contributed by atoms with Crippen molar-refractivity contribution in [1.82, 2.24) is 5.32 Å². The lowest BCUT2D eigenvalue weighted by atomic mass is 10.1. The smallest absolute Gasteiger partial charge is 0.273 e. The molecule has 2 aromatic rings. The third kappa shape index (κ3) is 3.15. The molecule has 0 radical (unpaired) electrons. The maximum absolute atomic E-state index is 12.7. The van der Waals surface area contributed by atoms with E-state index < -0.39 is 17.8 Å². The molecule has 1 aromatic heterocycles. The molecule has 1 saturated heterocycles. The predicted octanol–water partition coefficient (Wildman–Crippen LogP) is 4.14. The number of hydrogen-bond acceptors (Lipinski definition) is 4. The summed E-state index contributed by atoms with van der Waals surface area (Å²) >= 11 is 10.4. The normalized spacial score (nSPS) is 16.7. The van der Waals surface area contributed by atoms with E-state index in [-0.39, 0.29) is 5.57 Å². The summed E-state index contributed by atoms with van der Waals surface area (Å²) in [6.45, 7) is 1.78. The van der Waals surface area contributed by atoms with Crippen LogP contribution in [0.4, 0.5) is 10.5 Å². The quantitative estimate of drug-likeness (QED) is 0.581. The standard InChI is InChI=1S/C16H10BrClN2O3S/c1-8-6-9(17)2-4-12(8)20-15(22)11(14(21)19-16(20)23)7-10-3-5-13(18)24-10/h2-7H,1H3,(H,19,21,23)/b11-7+. The number of thiophene rings is 1. The Labute approximate surface area is 155 Å². The Morgan fingerprint density at radius 2 is 1.96 bits per heavy atom. The summed E-state index contributed by atoms with van der Waals surface area (Å²) in [5, 5.41) is 2.20. The highest BCUT2D eigenvalue weighted by Crippen LogP contribution is 2.29. The van der Waals surface area contributed by atoms with Gasteiger partial charge < -0.3 is 0 Å². The van der Waals surface area contributed by atoms with Crippen molar-refractivity contribution in [3.8, 4) is 0 Å².